The van der Waals surface area contributed by atoms with Gasteiger partial charge in [0.25, 0.3) is 0 Å². The minimum absolute atomic E-state index is 0.271. The van der Waals surface area contributed by atoms with Crippen LogP contribution in [-0.4, -0.2) is 11.9 Å². The number of carbonyl (C=O) groups is 2. The Morgan fingerprint density at radius 2 is 0.647 bits per heavy atom. The summed E-state index contributed by atoms with van der Waals surface area (Å²) in [6, 6.07) is 42.6. The molecule has 0 spiro atoms. The van der Waals surface area contributed by atoms with Gasteiger partial charge in [-0.2, -0.15) is 0 Å². The Bertz CT molecular complexity index is 966. The van der Waals surface area contributed by atoms with E-state index in [-0.39, 0.29) is 17.2 Å². The fourth-order valence-electron chi connectivity index (χ4n) is 2.72. The fourth-order valence-corrected chi connectivity index (χ4v) is 5.15. The Morgan fingerprint density at radius 1 is 0.441 bits per heavy atom. The Labute approximate surface area is 203 Å². The smallest absolute Gasteiger partial charge is 0.0942 e. The predicted molar refractivity (Wildman–Crippen MR) is 143 cm³/mol. The molecule has 0 fully saturated rings. The van der Waals surface area contributed by atoms with Crippen LogP contribution in [0.4, 0.5) is 0 Å². The largest absolute Gasteiger partial charge is 0.545 e. The van der Waals surface area contributed by atoms with Crippen LogP contribution in [0.25, 0.3) is 0 Å². The molecule has 0 atom stereocenters. The van der Waals surface area contributed by atoms with Gasteiger partial charge in [0.2, 0.25) is 0 Å². The summed E-state index contributed by atoms with van der Waals surface area (Å²) >= 11 is 0. The molecule has 0 aliphatic rings. The van der Waals surface area contributed by atoms with E-state index in [0.29, 0.717) is 12.2 Å². The molecule has 4 aromatic carbocycles. The summed E-state index contributed by atoms with van der Waals surface area (Å²) in [7, 11) is 0.543. The number of hydrogen-bond acceptors (Lipinski definition) is 4. The van der Waals surface area contributed by atoms with Gasteiger partial charge in [0.15, 0.2) is 0 Å². The summed E-state index contributed by atoms with van der Waals surface area (Å²) in [5.74, 6) is -3.09. The summed E-state index contributed by atoms with van der Waals surface area (Å²) in [5.41, 5.74) is 0. The molecular formula is C28H26O4P2. The van der Waals surface area contributed by atoms with Crippen molar-refractivity contribution in [1.82, 2.24) is 0 Å². The van der Waals surface area contributed by atoms with Crippen LogP contribution in [0.3, 0.4) is 0 Å². The van der Waals surface area contributed by atoms with E-state index in [9.17, 15) is 19.8 Å². The highest BCUT2D eigenvalue weighted by Crippen LogP contribution is 2.09. The fraction of sp³-hybridized carbons (Fsp3) is 0. The van der Waals surface area contributed by atoms with Crippen molar-refractivity contribution in [3.63, 3.8) is 0 Å². The molecule has 0 saturated carbocycles. The van der Waals surface area contributed by atoms with Crippen molar-refractivity contribution in [1.29, 1.82) is 0 Å². The third-order valence-corrected chi connectivity index (χ3v) is 7.09. The summed E-state index contributed by atoms with van der Waals surface area (Å²) in [4.78, 5) is 18.8. The maximum atomic E-state index is 9.41. The van der Waals surface area contributed by atoms with Crippen LogP contribution in [0.2, 0.25) is 0 Å². The molecule has 4 nitrogen and oxygen atoms in total. The highest BCUT2D eigenvalue weighted by molar-refractivity contribution is 7.55. The standard InChI is InChI=1S/2C12H11P.C4H4O4/c2*1-3-7-11(8-4-1)13-12-9-5-2-6-10-12;5-3(6)1-2-4(7)8/h2*1-10,13H;1-2H,(H,5,6)(H,7,8)/b;;2-1+. The van der Waals surface area contributed by atoms with Crippen molar-refractivity contribution in [3.8, 4) is 0 Å². The molecule has 172 valence electrons. The molecule has 0 bridgehead atoms. The first-order chi connectivity index (χ1) is 16.5. The molecular weight excluding hydrogens is 462 g/mol. The number of aliphatic carboxylic acids is 2. The van der Waals surface area contributed by atoms with E-state index < -0.39 is 11.9 Å². The Kier molecular flexibility index (Phi) is 12.6. The van der Waals surface area contributed by atoms with E-state index >= 15 is 0 Å². The highest BCUT2D eigenvalue weighted by atomic mass is 31.1. The average molecular weight is 488 g/mol. The van der Waals surface area contributed by atoms with Crippen molar-refractivity contribution in [2.24, 2.45) is 0 Å². The summed E-state index contributed by atoms with van der Waals surface area (Å²) in [6.07, 6.45) is 0.769. The van der Waals surface area contributed by atoms with Crippen LogP contribution in [0, 0.1) is 0 Å². The van der Waals surface area contributed by atoms with Crippen molar-refractivity contribution in [3.05, 3.63) is 133 Å². The van der Waals surface area contributed by atoms with Crippen LogP contribution in [0.1, 0.15) is 0 Å². The van der Waals surface area contributed by atoms with E-state index in [1.807, 2.05) is 0 Å². The molecule has 34 heavy (non-hydrogen) atoms. The van der Waals surface area contributed by atoms with Gasteiger partial charge < -0.3 is 19.8 Å². The quantitative estimate of drug-likeness (QED) is 0.301. The van der Waals surface area contributed by atoms with Crippen LogP contribution in [-0.2, 0) is 9.59 Å². The lowest BCUT2D eigenvalue weighted by Crippen LogP contribution is -2.23. The van der Waals surface area contributed by atoms with Gasteiger partial charge >= 0.3 is 0 Å². The maximum absolute atomic E-state index is 9.41. The van der Waals surface area contributed by atoms with Gasteiger partial charge in [-0.1, -0.05) is 72.8 Å². The molecule has 4 rings (SSSR count). The lowest BCUT2D eigenvalue weighted by molar-refractivity contribution is -0.301. The van der Waals surface area contributed by atoms with Crippen molar-refractivity contribution < 1.29 is 19.8 Å². The highest BCUT2D eigenvalue weighted by Gasteiger charge is 2.01. The Balaban J connectivity index is 0.000000187. The third-order valence-electron chi connectivity index (χ3n) is 4.22. The van der Waals surface area contributed by atoms with Gasteiger partial charge in [0.1, 0.15) is 0 Å². The van der Waals surface area contributed by atoms with Crippen molar-refractivity contribution >= 4 is 50.3 Å². The number of carboxylic acid groups (broad SMARTS) is 2. The minimum Gasteiger partial charge on any atom is -0.545 e. The molecule has 0 amide bonds. The molecule has 4 aromatic rings. The van der Waals surface area contributed by atoms with Crippen molar-refractivity contribution in [2.75, 3.05) is 0 Å². The topological polar surface area (TPSA) is 80.3 Å². The van der Waals surface area contributed by atoms with Gasteiger partial charge in [-0.3, -0.25) is 0 Å². The van der Waals surface area contributed by atoms with Crippen molar-refractivity contribution in [2.45, 2.75) is 0 Å². The number of hydrogen-bond donors (Lipinski definition) is 0. The number of carboxylic acids is 2. The molecule has 0 aromatic heterocycles. The van der Waals surface area contributed by atoms with E-state index in [2.05, 4.69) is 121 Å². The lowest BCUT2D eigenvalue weighted by Gasteiger charge is -1.92. The first-order valence-corrected chi connectivity index (χ1v) is 12.8. The summed E-state index contributed by atoms with van der Waals surface area (Å²) in [5, 5.41) is 24.6. The van der Waals surface area contributed by atoms with Crippen LogP contribution in [0.5, 0.6) is 0 Å². The van der Waals surface area contributed by atoms with Crippen LogP contribution >= 0.6 is 17.2 Å². The zero-order chi connectivity index (χ0) is 24.4. The van der Waals surface area contributed by atoms with Crippen LogP contribution < -0.4 is 31.4 Å². The molecule has 0 unspecified atom stereocenters. The van der Waals surface area contributed by atoms with Gasteiger partial charge in [-0.05, 0) is 60.7 Å². The second-order valence-corrected chi connectivity index (χ2v) is 10.1. The molecule has 0 saturated heterocycles. The second kappa shape index (κ2) is 16.1. The molecule has 0 N–H and O–H groups in total. The predicted octanol–water partition coefficient (Wildman–Crippen LogP) is 1.14. The molecule has 0 aliphatic heterocycles. The van der Waals surface area contributed by atoms with Gasteiger partial charge in [-0.15, -0.1) is 0 Å². The number of carbonyl (C=O) groups excluding carboxylic acids is 2. The Hall–Kier alpha value is -3.58. The molecule has 0 radical (unpaired) electrons. The number of rotatable bonds is 6. The zero-order valence-electron chi connectivity index (χ0n) is 18.5. The van der Waals surface area contributed by atoms with Crippen LogP contribution in [0.15, 0.2) is 133 Å². The second-order valence-electron chi connectivity index (χ2n) is 6.90. The van der Waals surface area contributed by atoms with E-state index in [4.69, 9.17) is 0 Å². The van der Waals surface area contributed by atoms with Gasteiger partial charge in [-0.25, -0.2) is 0 Å². The third kappa shape index (κ3) is 12.5. The first-order valence-electron chi connectivity index (χ1n) is 10.5. The lowest BCUT2D eigenvalue weighted by atomic mass is 10.4. The zero-order valence-corrected chi connectivity index (χ0v) is 20.8. The molecule has 6 heteroatoms. The molecule has 0 aliphatic carbocycles. The summed E-state index contributed by atoms with van der Waals surface area (Å²) in [6.45, 7) is 0. The number of benzene rings is 4. The summed E-state index contributed by atoms with van der Waals surface area (Å²) < 4.78 is 0. The first kappa shape index (κ1) is 26.7. The average Bonchev–Trinajstić information content (AvgIpc) is 2.86. The Morgan fingerprint density at radius 3 is 0.824 bits per heavy atom. The maximum Gasteiger partial charge on any atom is 0.0942 e. The van der Waals surface area contributed by atoms with E-state index in [0.717, 1.165) is 0 Å². The normalized spacial score (nSPS) is 9.76. The van der Waals surface area contributed by atoms with E-state index in [1.54, 1.807) is 0 Å². The monoisotopic (exact) mass is 488 g/mol. The van der Waals surface area contributed by atoms with Gasteiger partial charge in [0, 0.05) is 0 Å². The van der Waals surface area contributed by atoms with Gasteiger partial charge in [0.05, 0.1) is 50.3 Å². The van der Waals surface area contributed by atoms with E-state index in [1.165, 1.54) is 21.2 Å². The SMILES string of the molecule is O=C([O-])/C=C/C(=O)[O-].c1ccc([PH2+]c2ccccc2)cc1.c1ccc([PH2+]c2ccccc2)cc1. The minimum atomic E-state index is -1.55. The molecule has 0 heterocycles.